The molecule has 1 atom stereocenters. The molecule has 22 heavy (non-hydrogen) atoms. The number of aromatic nitrogens is 3. The molecule has 5 heteroatoms. The highest BCUT2D eigenvalue weighted by Gasteiger charge is 2.16. The van der Waals surface area contributed by atoms with Crippen molar-refractivity contribution in [2.75, 3.05) is 0 Å². The molecule has 0 radical (unpaired) electrons. The van der Waals surface area contributed by atoms with Gasteiger partial charge in [0.05, 0.1) is 23.0 Å². The molecule has 3 rings (SSSR count). The van der Waals surface area contributed by atoms with Crippen LogP contribution in [0.2, 0.25) is 0 Å². The Morgan fingerprint density at radius 1 is 1.09 bits per heavy atom. The van der Waals surface area contributed by atoms with Crippen LogP contribution >= 0.6 is 0 Å². The second kappa shape index (κ2) is 5.60. The first-order chi connectivity index (χ1) is 10.6. The minimum absolute atomic E-state index is 0.133. The maximum absolute atomic E-state index is 12.2. The van der Waals surface area contributed by atoms with Crippen LogP contribution in [0.15, 0.2) is 51.8 Å². The number of aryl methyl sites for hydroxylation is 2. The summed E-state index contributed by atoms with van der Waals surface area (Å²) in [5.74, 6) is 0.697. The molecular weight excluding hydrogens is 278 g/mol. The van der Waals surface area contributed by atoms with Crippen LogP contribution in [0.1, 0.15) is 30.0 Å². The van der Waals surface area contributed by atoms with Gasteiger partial charge < -0.3 is 4.52 Å². The summed E-state index contributed by atoms with van der Waals surface area (Å²) in [6.45, 7) is 5.66. The molecule has 1 unspecified atom stereocenters. The van der Waals surface area contributed by atoms with Gasteiger partial charge in [-0.3, -0.25) is 4.79 Å². The van der Waals surface area contributed by atoms with E-state index in [2.05, 4.69) is 10.3 Å². The molecule has 0 aliphatic rings. The fraction of sp³-hybridized carbons (Fsp3) is 0.235. The van der Waals surface area contributed by atoms with Gasteiger partial charge in [0.2, 0.25) is 0 Å². The predicted octanol–water partition coefficient (Wildman–Crippen LogP) is 3.12. The van der Waals surface area contributed by atoms with Crippen molar-refractivity contribution in [3.05, 3.63) is 69.8 Å². The van der Waals surface area contributed by atoms with Crippen LogP contribution in [0.5, 0.6) is 0 Å². The van der Waals surface area contributed by atoms with E-state index in [1.54, 1.807) is 6.07 Å². The zero-order chi connectivity index (χ0) is 15.7. The van der Waals surface area contributed by atoms with Crippen molar-refractivity contribution >= 4 is 0 Å². The Morgan fingerprint density at radius 2 is 1.82 bits per heavy atom. The Kier molecular flexibility index (Phi) is 3.63. The van der Waals surface area contributed by atoms with Gasteiger partial charge in [-0.05, 0) is 32.4 Å². The first-order valence-corrected chi connectivity index (χ1v) is 7.16. The van der Waals surface area contributed by atoms with Crippen molar-refractivity contribution in [3.8, 4) is 11.3 Å². The van der Waals surface area contributed by atoms with E-state index in [0.29, 0.717) is 11.5 Å². The Balaban J connectivity index is 2.10. The summed E-state index contributed by atoms with van der Waals surface area (Å²) in [6, 6.07) is 12.9. The van der Waals surface area contributed by atoms with Gasteiger partial charge in [0.1, 0.15) is 5.76 Å². The lowest BCUT2D eigenvalue weighted by Gasteiger charge is -2.15. The van der Waals surface area contributed by atoms with Gasteiger partial charge in [-0.25, -0.2) is 4.68 Å². The molecule has 0 saturated heterocycles. The highest BCUT2D eigenvalue weighted by Crippen LogP contribution is 2.25. The average molecular weight is 295 g/mol. The third-order valence-electron chi connectivity index (χ3n) is 3.76. The lowest BCUT2D eigenvalue weighted by Crippen LogP contribution is -2.26. The Morgan fingerprint density at radius 3 is 2.45 bits per heavy atom. The normalized spacial score (nSPS) is 12.3. The van der Waals surface area contributed by atoms with Crippen LogP contribution in [-0.2, 0) is 0 Å². The summed E-state index contributed by atoms with van der Waals surface area (Å²) >= 11 is 0. The second-order valence-corrected chi connectivity index (χ2v) is 5.29. The van der Waals surface area contributed by atoms with E-state index in [-0.39, 0.29) is 11.6 Å². The van der Waals surface area contributed by atoms with Crippen molar-refractivity contribution < 1.29 is 4.52 Å². The van der Waals surface area contributed by atoms with Crippen LogP contribution in [-0.4, -0.2) is 14.9 Å². The molecule has 0 fully saturated rings. The molecule has 3 aromatic rings. The fourth-order valence-corrected chi connectivity index (χ4v) is 2.56. The molecule has 1 aromatic carbocycles. The molecule has 0 aliphatic heterocycles. The third-order valence-corrected chi connectivity index (χ3v) is 3.76. The molecule has 0 amide bonds. The van der Waals surface area contributed by atoms with E-state index in [1.165, 1.54) is 10.7 Å². The smallest absolute Gasteiger partial charge is 0.267 e. The van der Waals surface area contributed by atoms with Crippen molar-refractivity contribution in [1.82, 2.24) is 14.9 Å². The van der Waals surface area contributed by atoms with Crippen molar-refractivity contribution in [3.63, 3.8) is 0 Å². The van der Waals surface area contributed by atoms with Crippen LogP contribution in [0.3, 0.4) is 0 Å². The van der Waals surface area contributed by atoms with Gasteiger partial charge in [0.25, 0.3) is 5.56 Å². The first-order valence-electron chi connectivity index (χ1n) is 7.16. The monoisotopic (exact) mass is 295 g/mol. The fourth-order valence-electron chi connectivity index (χ4n) is 2.56. The first kappa shape index (κ1) is 14.3. The standard InChI is InChI=1S/C17H17N3O2/c1-11-17(13(3)22-19-11)15-9-10-16(21)20(18-15)12(2)14-7-5-4-6-8-14/h4-10,12H,1-3H3. The van der Waals surface area contributed by atoms with Gasteiger partial charge in [-0.1, -0.05) is 35.5 Å². The summed E-state index contributed by atoms with van der Waals surface area (Å²) < 4.78 is 6.68. The van der Waals surface area contributed by atoms with Crippen LogP contribution in [0, 0.1) is 13.8 Å². The van der Waals surface area contributed by atoms with E-state index in [4.69, 9.17) is 4.52 Å². The highest BCUT2D eigenvalue weighted by atomic mass is 16.5. The molecule has 0 saturated carbocycles. The summed E-state index contributed by atoms with van der Waals surface area (Å²) in [5.41, 5.74) is 3.20. The van der Waals surface area contributed by atoms with E-state index in [9.17, 15) is 4.79 Å². The van der Waals surface area contributed by atoms with Crippen LogP contribution in [0.25, 0.3) is 11.3 Å². The number of hydrogen-bond acceptors (Lipinski definition) is 4. The maximum atomic E-state index is 12.2. The lowest BCUT2D eigenvalue weighted by atomic mass is 10.1. The molecule has 2 aromatic heterocycles. The molecule has 2 heterocycles. The van der Waals surface area contributed by atoms with Gasteiger partial charge in [-0.15, -0.1) is 0 Å². The average Bonchev–Trinajstić information content (AvgIpc) is 2.87. The van der Waals surface area contributed by atoms with Crippen molar-refractivity contribution in [1.29, 1.82) is 0 Å². The number of nitrogens with zero attached hydrogens (tertiary/aromatic N) is 3. The summed E-state index contributed by atoms with van der Waals surface area (Å²) in [5, 5.41) is 8.46. The van der Waals surface area contributed by atoms with Crippen molar-refractivity contribution in [2.45, 2.75) is 26.8 Å². The Hall–Kier alpha value is -2.69. The minimum Gasteiger partial charge on any atom is -0.361 e. The Bertz CT molecular complexity index is 830. The van der Waals surface area contributed by atoms with Crippen LogP contribution < -0.4 is 5.56 Å². The van der Waals surface area contributed by atoms with Crippen LogP contribution in [0.4, 0.5) is 0 Å². The number of rotatable bonds is 3. The zero-order valence-corrected chi connectivity index (χ0v) is 12.8. The predicted molar refractivity (Wildman–Crippen MR) is 83.7 cm³/mol. The molecule has 112 valence electrons. The zero-order valence-electron chi connectivity index (χ0n) is 12.8. The molecular formula is C17H17N3O2. The third kappa shape index (κ3) is 2.45. The van der Waals surface area contributed by atoms with Gasteiger partial charge in [0.15, 0.2) is 0 Å². The minimum atomic E-state index is -0.144. The SMILES string of the molecule is Cc1noc(C)c1-c1ccc(=O)n(C(C)c2ccccc2)n1. The molecule has 0 aliphatic carbocycles. The van der Waals surface area contributed by atoms with E-state index < -0.39 is 0 Å². The summed E-state index contributed by atoms with van der Waals surface area (Å²) in [6.07, 6.45) is 0. The van der Waals surface area contributed by atoms with Gasteiger partial charge in [0, 0.05) is 6.07 Å². The summed E-state index contributed by atoms with van der Waals surface area (Å²) in [7, 11) is 0. The second-order valence-electron chi connectivity index (χ2n) is 5.29. The van der Waals surface area contributed by atoms with Gasteiger partial charge in [-0.2, -0.15) is 5.10 Å². The molecule has 0 bridgehead atoms. The van der Waals surface area contributed by atoms with Crippen molar-refractivity contribution in [2.24, 2.45) is 0 Å². The lowest BCUT2D eigenvalue weighted by molar-refractivity contribution is 0.393. The molecule has 5 nitrogen and oxygen atoms in total. The summed E-state index contributed by atoms with van der Waals surface area (Å²) in [4.78, 5) is 12.2. The van der Waals surface area contributed by atoms with Gasteiger partial charge >= 0.3 is 0 Å². The molecule has 0 N–H and O–H groups in total. The quantitative estimate of drug-likeness (QED) is 0.745. The van der Waals surface area contributed by atoms with E-state index >= 15 is 0 Å². The van der Waals surface area contributed by atoms with E-state index in [0.717, 1.165) is 16.8 Å². The highest BCUT2D eigenvalue weighted by molar-refractivity contribution is 5.62. The number of hydrogen-bond donors (Lipinski definition) is 0. The van der Waals surface area contributed by atoms with E-state index in [1.807, 2.05) is 51.1 Å². The topological polar surface area (TPSA) is 60.9 Å². The maximum Gasteiger partial charge on any atom is 0.267 e. The largest absolute Gasteiger partial charge is 0.361 e. The Labute approximate surface area is 128 Å². The number of benzene rings is 1. The molecule has 0 spiro atoms.